The molecule has 0 spiro atoms. The Kier molecular flexibility index (Phi) is 6.82. The number of rotatable bonds is 7. The maximum absolute atomic E-state index is 12.7. The van der Waals surface area contributed by atoms with Gasteiger partial charge in [0.15, 0.2) is 0 Å². The lowest BCUT2D eigenvalue weighted by molar-refractivity contribution is -0.128. The van der Waals surface area contributed by atoms with Crippen LogP contribution in [0.1, 0.15) is 39.2 Å². The first-order chi connectivity index (χ1) is 12.2. The first-order valence-electron chi connectivity index (χ1n) is 9.22. The molecule has 0 bridgehead atoms. The highest BCUT2D eigenvalue weighted by Crippen LogP contribution is 2.23. The van der Waals surface area contributed by atoms with Gasteiger partial charge in [0.1, 0.15) is 0 Å². The van der Waals surface area contributed by atoms with Gasteiger partial charge in [-0.3, -0.25) is 4.79 Å². The normalized spacial score (nSPS) is 21.3. The molecular weight excluding hydrogens is 350 g/mol. The van der Waals surface area contributed by atoms with Crippen molar-refractivity contribution in [2.45, 2.75) is 44.9 Å². The van der Waals surface area contributed by atoms with Crippen molar-refractivity contribution in [3.8, 4) is 0 Å². The average molecular weight is 382 g/mol. The van der Waals surface area contributed by atoms with E-state index in [1.807, 2.05) is 39.0 Å². The monoisotopic (exact) mass is 381 g/mol. The molecule has 1 aromatic carbocycles. The van der Waals surface area contributed by atoms with Crippen LogP contribution in [0.3, 0.4) is 0 Å². The van der Waals surface area contributed by atoms with Crippen LogP contribution in [0.4, 0.5) is 0 Å². The van der Waals surface area contributed by atoms with Crippen LogP contribution in [0, 0.1) is 11.8 Å². The standard InChI is InChI=1S/C19H31N3O3S/c1-15(2)19(3,14-20)21-18(23)17-10-7-11-22(12-17)26(24,25)13-16-8-5-4-6-9-16/h4-6,8-9,15,17H,7,10-14,20H2,1-3H3,(H,21,23). The van der Waals surface area contributed by atoms with E-state index in [0.717, 1.165) is 5.56 Å². The fraction of sp³-hybridized carbons (Fsp3) is 0.632. The minimum atomic E-state index is -3.44. The quantitative estimate of drug-likeness (QED) is 0.752. The number of carbonyl (C=O) groups is 1. The Morgan fingerprint density at radius 1 is 1.35 bits per heavy atom. The molecule has 2 rings (SSSR count). The van der Waals surface area contributed by atoms with Crippen molar-refractivity contribution >= 4 is 15.9 Å². The third-order valence-corrected chi connectivity index (χ3v) is 7.26. The molecule has 0 aliphatic carbocycles. The number of nitrogens with one attached hydrogen (secondary N) is 1. The molecule has 2 unspecified atom stereocenters. The molecule has 0 aromatic heterocycles. The van der Waals surface area contributed by atoms with Gasteiger partial charge in [-0.2, -0.15) is 0 Å². The predicted molar refractivity (Wildman–Crippen MR) is 104 cm³/mol. The van der Waals surface area contributed by atoms with E-state index >= 15 is 0 Å². The number of hydrogen-bond donors (Lipinski definition) is 2. The molecular formula is C19H31N3O3S. The van der Waals surface area contributed by atoms with E-state index in [1.54, 1.807) is 12.1 Å². The second-order valence-electron chi connectivity index (χ2n) is 7.70. The number of amides is 1. The molecule has 1 aliphatic heterocycles. The fourth-order valence-electron chi connectivity index (χ4n) is 3.10. The van der Waals surface area contributed by atoms with Gasteiger partial charge in [-0.05, 0) is 31.2 Å². The van der Waals surface area contributed by atoms with Crippen molar-refractivity contribution in [3.05, 3.63) is 35.9 Å². The summed E-state index contributed by atoms with van der Waals surface area (Å²) in [5.41, 5.74) is 6.12. The second-order valence-corrected chi connectivity index (χ2v) is 9.67. The Hall–Kier alpha value is -1.44. The Bertz CT molecular complexity index is 706. The number of carbonyl (C=O) groups excluding carboxylic acids is 1. The maximum Gasteiger partial charge on any atom is 0.224 e. The Morgan fingerprint density at radius 2 is 2.00 bits per heavy atom. The summed E-state index contributed by atoms with van der Waals surface area (Å²) in [5.74, 6) is -0.280. The van der Waals surface area contributed by atoms with Crippen molar-refractivity contribution in [1.82, 2.24) is 9.62 Å². The first-order valence-corrected chi connectivity index (χ1v) is 10.8. The Labute approximate surface area is 157 Å². The van der Waals surface area contributed by atoms with E-state index in [4.69, 9.17) is 5.73 Å². The Balaban J connectivity index is 2.05. The van der Waals surface area contributed by atoms with Gasteiger partial charge in [0.25, 0.3) is 0 Å². The molecule has 3 N–H and O–H groups in total. The predicted octanol–water partition coefficient (Wildman–Crippen LogP) is 1.72. The molecule has 1 aliphatic rings. The van der Waals surface area contributed by atoms with Gasteiger partial charge in [0.2, 0.25) is 15.9 Å². The van der Waals surface area contributed by atoms with Crippen LogP contribution in [-0.4, -0.2) is 43.8 Å². The number of piperidine rings is 1. The molecule has 1 aromatic rings. The van der Waals surface area contributed by atoms with E-state index in [0.29, 0.717) is 25.9 Å². The summed E-state index contributed by atoms with van der Waals surface area (Å²) in [5, 5.41) is 3.05. The van der Waals surface area contributed by atoms with Crippen LogP contribution >= 0.6 is 0 Å². The lowest BCUT2D eigenvalue weighted by atomic mass is 9.87. The van der Waals surface area contributed by atoms with Crippen LogP contribution in [-0.2, 0) is 20.6 Å². The minimum absolute atomic E-state index is 0.0330. The van der Waals surface area contributed by atoms with Crippen LogP contribution in [0.15, 0.2) is 30.3 Å². The molecule has 1 saturated heterocycles. The summed E-state index contributed by atoms with van der Waals surface area (Å²) in [4.78, 5) is 12.7. The van der Waals surface area contributed by atoms with E-state index in [1.165, 1.54) is 4.31 Å². The molecule has 2 atom stereocenters. The summed E-state index contributed by atoms with van der Waals surface area (Å²) < 4.78 is 27.0. The highest BCUT2D eigenvalue weighted by Gasteiger charge is 2.36. The van der Waals surface area contributed by atoms with Gasteiger partial charge >= 0.3 is 0 Å². The van der Waals surface area contributed by atoms with E-state index in [-0.39, 0.29) is 30.0 Å². The van der Waals surface area contributed by atoms with Gasteiger partial charge in [-0.25, -0.2) is 12.7 Å². The van der Waals surface area contributed by atoms with Crippen molar-refractivity contribution in [2.75, 3.05) is 19.6 Å². The summed E-state index contributed by atoms with van der Waals surface area (Å²) in [6, 6.07) is 9.14. The van der Waals surface area contributed by atoms with Gasteiger partial charge in [-0.15, -0.1) is 0 Å². The van der Waals surface area contributed by atoms with Crippen molar-refractivity contribution in [2.24, 2.45) is 17.6 Å². The molecule has 1 fully saturated rings. The molecule has 0 saturated carbocycles. The average Bonchev–Trinajstić information content (AvgIpc) is 2.62. The molecule has 0 radical (unpaired) electrons. The summed E-state index contributed by atoms with van der Waals surface area (Å²) in [6.07, 6.45) is 1.38. The van der Waals surface area contributed by atoms with E-state index < -0.39 is 15.6 Å². The number of nitrogens with two attached hydrogens (primary N) is 1. The smallest absolute Gasteiger partial charge is 0.224 e. The summed E-state index contributed by atoms with van der Waals surface area (Å²) in [7, 11) is -3.44. The first kappa shape index (κ1) is 20.9. The van der Waals surface area contributed by atoms with Crippen LogP contribution in [0.25, 0.3) is 0 Å². The topological polar surface area (TPSA) is 92.5 Å². The van der Waals surface area contributed by atoms with Crippen LogP contribution < -0.4 is 11.1 Å². The lowest BCUT2D eigenvalue weighted by Gasteiger charge is -2.37. The number of nitrogens with zero attached hydrogens (tertiary/aromatic N) is 1. The number of sulfonamides is 1. The summed E-state index contributed by atoms with van der Waals surface area (Å²) >= 11 is 0. The van der Waals surface area contributed by atoms with E-state index in [9.17, 15) is 13.2 Å². The van der Waals surface area contributed by atoms with Gasteiger partial charge in [-0.1, -0.05) is 44.2 Å². The van der Waals surface area contributed by atoms with Crippen molar-refractivity contribution < 1.29 is 13.2 Å². The van der Waals surface area contributed by atoms with Gasteiger partial charge in [0, 0.05) is 19.6 Å². The molecule has 146 valence electrons. The van der Waals surface area contributed by atoms with Crippen molar-refractivity contribution in [3.63, 3.8) is 0 Å². The zero-order chi connectivity index (χ0) is 19.4. The fourth-order valence-corrected chi connectivity index (χ4v) is 4.71. The van der Waals surface area contributed by atoms with E-state index in [2.05, 4.69) is 5.32 Å². The molecule has 1 amide bonds. The molecule has 6 nitrogen and oxygen atoms in total. The number of benzene rings is 1. The van der Waals surface area contributed by atoms with Gasteiger partial charge < -0.3 is 11.1 Å². The highest BCUT2D eigenvalue weighted by atomic mass is 32.2. The molecule has 1 heterocycles. The van der Waals surface area contributed by atoms with Crippen molar-refractivity contribution in [1.29, 1.82) is 0 Å². The van der Waals surface area contributed by atoms with Gasteiger partial charge in [0.05, 0.1) is 17.2 Å². The van der Waals surface area contributed by atoms with Crippen LogP contribution in [0.5, 0.6) is 0 Å². The largest absolute Gasteiger partial charge is 0.349 e. The lowest BCUT2D eigenvalue weighted by Crippen LogP contribution is -2.58. The van der Waals surface area contributed by atoms with Crippen LogP contribution in [0.2, 0.25) is 0 Å². The second kappa shape index (κ2) is 8.50. The zero-order valence-corrected chi connectivity index (χ0v) is 16.8. The molecule has 7 heteroatoms. The maximum atomic E-state index is 12.7. The third-order valence-electron chi connectivity index (χ3n) is 5.45. The SMILES string of the molecule is CC(C)C(C)(CN)NC(=O)C1CCCN(S(=O)(=O)Cc2ccccc2)C1. The summed E-state index contributed by atoms with van der Waals surface area (Å²) in [6.45, 7) is 7.02. The third kappa shape index (κ3) is 5.05. The zero-order valence-electron chi connectivity index (χ0n) is 15.9. The highest BCUT2D eigenvalue weighted by molar-refractivity contribution is 7.88. The number of hydrogen-bond acceptors (Lipinski definition) is 4. The minimum Gasteiger partial charge on any atom is -0.349 e. The Morgan fingerprint density at radius 3 is 2.58 bits per heavy atom. The molecule has 26 heavy (non-hydrogen) atoms.